The van der Waals surface area contributed by atoms with Crippen molar-refractivity contribution in [3.05, 3.63) is 66.2 Å². The summed E-state index contributed by atoms with van der Waals surface area (Å²) in [5.41, 5.74) is 2.23. The van der Waals surface area contributed by atoms with Crippen LogP contribution in [0.1, 0.15) is 18.9 Å². The molecule has 0 saturated heterocycles. The van der Waals surface area contributed by atoms with Crippen LogP contribution in [-0.2, 0) is 4.79 Å². The topological polar surface area (TPSA) is 47.6 Å². The molecule has 0 spiro atoms. The lowest BCUT2D eigenvalue weighted by atomic mass is 9.93. The molecule has 0 bridgehead atoms. The van der Waals surface area contributed by atoms with Crippen LogP contribution in [-0.4, -0.2) is 18.6 Å². The van der Waals surface area contributed by atoms with Gasteiger partial charge >= 0.3 is 12.7 Å². The first-order valence-electron chi connectivity index (χ1n) is 10.0. The molecule has 0 radical (unpaired) electrons. The number of hydrogen-bond donors (Lipinski definition) is 1. The Morgan fingerprint density at radius 2 is 1.24 bits per heavy atom. The van der Waals surface area contributed by atoms with E-state index in [1.807, 2.05) is 0 Å². The van der Waals surface area contributed by atoms with Gasteiger partial charge in [-0.2, -0.15) is 0 Å². The van der Waals surface area contributed by atoms with Crippen molar-refractivity contribution in [1.82, 2.24) is 0 Å². The van der Waals surface area contributed by atoms with E-state index in [0.29, 0.717) is 27.8 Å². The van der Waals surface area contributed by atoms with Gasteiger partial charge in [-0.05, 0) is 60.0 Å². The van der Waals surface area contributed by atoms with Gasteiger partial charge in [0.05, 0.1) is 5.69 Å². The highest BCUT2D eigenvalue weighted by Gasteiger charge is 2.32. The van der Waals surface area contributed by atoms with E-state index in [2.05, 4.69) is 14.8 Å². The average Bonchev–Trinajstić information content (AvgIpc) is 2.72. The molecule has 34 heavy (non-hydrogen) atoms. The highest BCUT2D eigenvalue weighted by Crippen LogP contribution is 2.41. The number of rotatable bonds is 6. The first kappa shape index (κ1) is 24.9. The highest BCUT2D eigenvalue weighted by atomic mass is 19.4. The van der Waals surface area contributed by atoms with Crippen molar-refractivity contribution in [2.24, 2.45) is 0 Å². The summed E-state index contributed by atoms with van der Waals surface area (Å²) in [5, 5.41) is 2.72. The summed E-state index contributed by atoms with van der Waals surface area (Å²) in [6.45, 7) is 3.32. The van der Waals surface area contributed by atoms with Gasteiger partial charge in [-0.25, -0.2) is 0 Å². The van der Waals surface area contributed by atoms with Gasteiger partial charge in [-0.1, -0.05) is 31.2 Å². The minimum absolute atomic E-state index is 0.0984. The van der Waals surface area contributed by atoms with Crippen LogP contribution >= 0.6 is 0 Å². The summed E-state index contributed by atoms with van der Waals surface area (Å²) < 4.78 is 84.2. The number of carbonyl (C=O) groups excluding carboxylic acids is 1. The molecule has 1 N–H and O–H groups in total. The van der Waals surface area contributed by atoms with Crippen LogP contribution in [0.4, 0.5) is 32.0 Å². The van der Waals surface area contributed by atoms with Gasteiger partial charge in [0, 0.05) is 17.5 Å². The zero-order valence-electron chi connectivity index (χ0n) is 18.0. The number of anilines is 1. The van der Waals surface area contributed by atoms with E-state index in [9.17, 15) is 31.1 Å². The summed E-state index contributed by atoms with van der Waals surface area (Å²) in [7, 11) is 0. The first-order valence-corrected chi connectivity index (χ1v) is 10.0. The van der Waals surface area contributed by atoms with Crippen molar-refractivity contribution < 1.29 is 40.6 Å². The van der Waals surface area contributed by atoms with Crippen LogP contribution in [0.3, 0.4) is 0 Å². The first-order chi connectivity index (χ1) is 15.8. The molecule has 0 aliphatic carbocycles. The van der Waals surface area contributed by atoms with Gasteiger partial charge < -0.3 is 14.8 Å². The Morgan fingerprint density at radius 3 is 1.62 bits per heavy atom. The molecule has 0 saturated carbocycles. The number of ether oxygens (including phenoxy) is 2. The Bertz CT molecular complexity index is 1110. The standard InChI is InChI=1S/C24H19F6NO3/c1-3-21(32)31-22-19(15-6-4-8-17(12-15)33-23(25,26)27)10-14(2)11-20(22)16-7-5-9-18(13-16)34-24(28,29)30/h4-13H,3H2,1-2H3,(H,31,32). The van der Waals surface area contributed by atoms with Crippen LogP contribution in [0.25, 0.3) is 22.3 Å². The molecule has 3 aromatic carbocycles. The van der Waals surface area contributed by atoms with Gasteiger partial charge in [-0.15, -0.1) is 26.3 Å². The lowest BCUT2D eigenvalue weighted by molar-refractivity contribution is -0.275. The van der Waals surface area contributed by atoms with Gasteiger partial charge in [0.1, 0.15) is 11.5 Å². The van der Waals surface area contributed by atoms with E-state index >= 15 is 0 Å². The monoisotopic (exact) mass is 483 g/mol. The molecule has 0 aliphatic heterocycles. The second-order valence-corrected chi connectivity index (χ2v) is 7.29. The molecule has 1 amide bonds. The molecule has 3 aromatic rings. The Balaban J connectivity index is 2.19. The maximum absolute atomic E-state index is 12.7. The SMILES string of the molecule is CCC(=O)Nc1c(-c2cccc(OC(F)(F)F)c2)cc(C)cc1-c1cccc(OC(F)(F)F)c1. The van der Waals surface area contributed by atoms with Crippen LogP contribution in [0.15, 0.2) is 60.7 Å². The third-order valence-corrected chi connectivity index (χ3v) is 4.63. The molecule has 0 heterocycles. The van der Waals surface area contributed by atoms with E-state index in [0.717, 1.165) is 24.3 Å². The predicted octanol–water partition coefficient (Wildman–Crippen LogP) is 7.47. The fourth-order valence-electron chi connectivity index (χ4n) is 3.33. The Kier molecular flexibility index (Phi) is 7.09. The van der Waals surface area contributed by atoms with E-state index in [1.54, 1.807) is 26.0 Å². The summed E-state index contributed by atoms with van der Waals surface area (Å²) >= 11 is 0. The number of carbonyl (C=O) groups is 1. The van der Waals surface area contributed by atoms with Crippen molar-refractivity contribution in [2.75, 3.05) is 5.32 Å². The normalized spacial score (nSPS) is 11.8. The third-order valence-electron chi connectivity index (χ3n) is 4.63. The Labute approximate surface area is 191 Å². The Morgan fingerprint density at radius 1 is 0.794 bits per heavy atom. The fourth-order valence-corrected chi connectivity index (χ4v) is 3.33. The summed E-state index contributed by atoms with van der Waals surface area (Å²) in [5.74, 6) is -1.31. The van der Waals surface area contributed by atoms with Crippen molar-refractivity contribution in [3.8, 4) is 33.8 Å². The fraction of sp³-hybridized carbons (Fsp3) is 0.208. The number of amides is 1. The molecule has 4 nitrogen and oxygen atoms in total. The zero-order valence-corrected chi connectivity index (χ0v) is 18.0. The quantitative estimate of drug-likeness (QED) is 0.370. The average molecular weight is 483 g/mol. The van der Waals surface area contributed by atoms with Crippen LogP contribution < -0.4 is 14.8 Å². The molecule has 0 aromatic heterocycles. The van der Waals surface area contributed by atoms with Gasteiger partial charge in [0.15, 0.2) is 0 Å². The summed E-state index contributed by atoms with van der Waals surface area (Å²) in [6, 6.07) is 13.7. The number of nitrogens with one attached hydrogen (secondary N) is 1. The summed E-state index contributed by atoms with van der Waals surface area (Å²) in [4.78, 5) is 12.3. The lowest BCUT2D eigenvalue weighted by Crippen LogP contribution is -2.17. The van der Waals surface area contributed by atoms with Gasteiger partial charge in [0.25, 0.3) is 0 Å². The van der Waals surface area contributed by atoms with Crippen molar-refractivity contribution in [1.29, 1.82) is 0 Å². The van der Waals surface area contributed by atoms with Crippen LogP contribution in [0.5, 0.6) is 11.5 Å². The van der Waals surface area contributed by atoms with Crippen LogP contribution in [0, 0.1) is 6.92 Å². The summed E-state index contributed by atoms with van der Waals surface area (Å²) in [6.07, 6.45) is -9.69. The molecule has 180 valence electrons. The maximum Gasteiger partial charge on any atom is 0.573 e. The van der Waals surface area contributed by atoms with Crippen molar-refractivity contribution in [2.45, 2.75) is 33.0 Å². The molecule has 0 atom stereocenters. The smallest absolute Gasteiger partial charge is 0.406 e. The maximum atomic E-state index is 12.7. The van der Waals surface area contributed by atoms with E-state index < -0.39 is 30.1 Å². The molecule has 0 unspecified atom stereocenters. The van der Waals surface area contributed by atoms with E-state index in [4.69, 9.17) is 0 Å². The zero-order chi connectivity index (χ0) is 25.1. The second kappa shape index (κ2) is 9.66. The van der Waals surface area contributed by atoms with Gasteiger partial charge in [0.2, 0.25) is 5.91 Å². The number of hydrogen-bond acceptors (Lipinski definition) is 3. The highest BCUT2D eigenvalue weighted by molar-refractivity contribution is 6.01. The van der Waals surface area contributed by atoms with Crippen molar-refractivity contribution in [3.63, 3.8) is 0 Å². The molecular formula is C24H19F6NO3. The second-order valence-electron chi connectivity index (χ2n) is 7.29. The van der Waals surface area contributed by atoms with Crippen molar-refractivity contribution >= 4 is 11.6 Å². The number of alkyl halides is 6. The number of aryl methyl sites for hydroxylation is 1. The van der Waals surface area contributed by atoms with Crippen LogP contribution in [0.2, 0.25) is 0 Å². The third kappa shape index (κ3) is 6.66. The Hall–Kier alpha value is -3.69. The largest absolute Gasteiger partial charge is 0.573 e. The molecule has 0 aliphatic rings. The number of halogens is 6. The lowest BCUT2D eigenvalue weighted by Gasteiger charge is -2.19. The predicted molar refractivity (Wildman–Crippen MR) is 114 cm³/mol. The van der Waals surface area contributed by atoms with Gasteiger partial charge in [-0.3, -0.25) is 4.79 Å². The number of benzene rings is 3. The van der Waals surface area contributed by atoms with E-state index in [-0.39, 0.29) is 12.1 Å². The van der Waals surface area contributed by atoms with E-state index in [1.165, 1.54) is 24.3 Å². The molecular weight excluding hydrogens is 464 g/mol. The molecule has 3 rings (SSSR count). The molecule has 0 fully saturated rings. The minimum atomic E-state index is -4.89. The molecule has 10 heteroatoms. The minimum Gasteiger partial charge on any atom is -0.406 e.